The van der Waals surface area contributed by atoms with Crippen molar-refractivity contribution in [1.29, 1.82) is 0 Å². The summed E-state index contributed by atoms with van der Waals surface area (Å²) in [5, 5.41) is -0.270. The summed E-state index contributed by atoms with van der Waals surface area (Å²) < 4.78 is 84.7. The second-order valence-corrected chi connectivity index (χ2v) is 31.5. The maximum Gasteiger partial charge on any atom is 0.509 e. The highest BCUT2D eigenvalue weighted by atomic mass is 28.4. The predicted molar refractivity (Wildman–Crippen MR) is 269 cm³/mol. The molecule has 0 spiro atoms. The quantitative estimate of drug-likeness (QED) is 0.0631. The third-order valence-electron chi connectivity index (χ3n) is 14.5. The molecule has 0 radical (unpaired) electrons. The molecule has 13 atom stereocenters. The van der Waals surface area contributed by atoms with Crippen molar-refractivity contribution in [3.05, 3.63) is 120 Å². The molecule has 16 nitrogen and oxygen atoms in total. The topological polar surface area (TPSA) is 171 Å². The zero-order valence-electron chi connectivity index (χ0n) is 43.7. The molecule has 0 bridgehead atoms. The molecule has 7 rings (SSSR count). The van der Waals surface area contributed by atoms with Crippen molar-refractivity contribution in [3.8, 4) is 0 Å². The number of rotatable bonds is 19. The third-order valence-corrected chi connectivity index (χ3v) is 23.5. The molecule has 18 heteroatoms. The zero-order valence-corrected chi connectivity index (χ0v) is 45.7. The van der Waals surface area contributed by atoms with Gasteiger partial charge in [-0.25, -0.2) is 9.59 Å². The fraction of sp³-hybridized carbons (Fsp3) is 0.574. The number of fused-ring (bicyclic) bond motifs is 1. The van der Waals surface area contributed by atoms with E-state index >= 15 is 0 Å². The van der Waals surface area contributed by atoms with Crippen LogP contribution in [0.5, 0.6) is 0 Å². The van der Waals surface area contributed by atoms with Gasteiger partial charge in [-0.05, 0) is 72.5 Å². The Morgan fingerprint density at radius 2 is 1.11 bits per heavy atom. The van der Waals surface area contributed by atoms with Gasteiger partial charge in [0.05, 0.1) is 44.4 Å². The highest BCUT2D eigenvalue weighted by molar-refractivity contribution is 6.74. The van der Waals surface area contributed by atoms with Crippen LogP contribution in [0.4, 0.5) is 4.79 Å². The first kappa shape index (κ1) is 55.3. The third kappa shape index (κ3) is 13.6. The van der Waals surface area contributed by atoms with Crippen molar-refractivity contribution >= 4 is 34.7 Å². The minimum absolute atomic E-state index is 0.0322. The monoisotopic (exact) mass is 1030 g/mol. The van der Waals surface area contributed by atoms with Gasteiger partial charge in [0, 0.05) is 6.92 Å². The van der Waals surface area contributed by atoms with Gasteiger partial charge in [0.1, 0.15) is 24.4 Å². The summed E-state index contributed by atoms with van der Waals surface area (Å²) in [6.45, 7) is 24.7. The zero-order chi connectivity index (χ0) is 52.0. The summed E-state index contributed by atoms with van der Waals surface area (Å²) >= 11 is 0. The van der Waals surface area contributed by atoms with Crippen LogP contribution in [0.25, 0.3) is 0 Å². The van der Waals surface area contributed by atoms with Crippen LogP contribution in [-0.4, -0.2) is 128 Å². The van der Waals surface area contributed by atoms with E-state index < -0.39 is 114 Å². The molecule has 3 fully saturated rings. The molecule has 0 aromatic heterocycles. The molecular formula is C54H74O16Si2. The first-order valence-electron chi connectivity index (χ1n) is 24.8. The van der Waals surface area contributed by atoms with Crippen molar-refractivity contribution in [1.82, 2.24) is 0 Å². The Morgan fingerprint density at radius 1 is 0.597 bits per heavy atom. The molecule has 4 aliphatic heterocycles. The second kappa shape index (κ2) is 23.4. The van der Waals surface area contributed by atoms with E-state index in [0.717, 1.165) is 11.1 Å². The van der Waals surface area contributed by atoms with Gasteiger partial charge in [-0.2, -0.15) is 0 Å². The van der Waals surface area contributed by atoms with Crippen molar-refractivity contribution in [3.63, 3.8) is 0 Å². The van der Waals surface area contributed by atoms with Gasteiger partial charge in [0.2, 0.25) is 0 Å². The average molecular weight is 1040 g/mol. The molecule has 4 heterocycles. The Bertz CT molecular complexity index is 2270. The maximum absolute atomic E-state index is 13.8. The fourth-order valence-corrected chi connectivity index (χ4v) is 10.3. The van der Waals surface area contributed by atoms with Crippen LogP contribution < -0.4 is 0 Å². The Morgan fingerprint density at radius 3 is 1.67 bits per heavy atom. The fourth-order valence-electron chi connectivity index (χ4n) is 8.24. The average Bonchev–Trinajstić information content (AvgIpc) is 3.73. The molecule has 0 amide bonds. The molecule has 394 valence electrons. The normalized spacial score (nSPS) is 29.8. The van der Waals surface area contributed by atoms with Crippen molar-refractivity contribution in [2.45, 2.75) is 185 Å². The van der Waals surface area contributed by atoms with Crippen LogP contribution in [0.1, 0.15) is 76.9 Å². The van der Waals surface area contributed by atoms with Crippen LogP contribution in [0.2, 0.25) is 36.3 Å². The lowest BCUT2D eigenvalue weighted by Crippen LogP contribution is -2.65. The van der Waals surface area contributed by atoms with Crippen LogP contribution in [-0.2, 0) is 79.0 Å². The largest absolute Gasteiger partial charge is 0.509 e. The minimum Gasteiger partial charge on any atom is -0.492 e. The van der Waals surface area contributed by atoms with Crippen molar-refractivity contribution in [2.75, 3.05) is 13.2 Å². The molecule has 0 saturated carbocycles. The van der Waals surface area contributed by atoms with Crippen molar-refractivity contribution in [2.24, 2.45) is 0 Å². The van der Waals surface area contributed by atoms with E-state index in [1.54, 1.807) is 37.3 Å². The standard InChI is InChI=1S/C54H74O16Si2/c1-34-42(67-49(56)38-26-20-15-21-27-38)45(59-30-36-22-16-13-17-23-36)47(60-31-37-24-18-14-19-25-37)50(63-34)68-48-46-44(69-52(57)70-46)41(33-62-72(11,12)54(6,7)8)66-51(48)65-39-28-29-58-40(43(39)64-35(2)55)32-61-71(9,10)53(3,4)5/h13-29,34,39-48,50-51H,30-33H2,1-12H3/t34-,39+,40+,41+,42+,43-,44-,45+,46-,47-,48+,50-,51+/m0/s1. The molecule has 72 heavy (non-hydrogen) atoms. The summed E-state index contributed by atoms with van der Waals surface area (Å²) in [6, 6.07) is 27.8. The number of hydrogen-bond donors (Lipinski definition) is 0. The number of carbonyl (C=O) groups is 3. The van der Waals surface area contributed by atoms with Gasteiger partial charge in [-0.1, -0.05) is 120 Å². The molecule has 3 saturated heterocycles. The van der Waals surface area contributed by atoms with E-state index in [1.807, 2.05) is 66.7 Å². The Labute approximate surface area is 426 Å². The number of ether oxygens (including phenoxy) is 11. The molecule has 0 unspecified atom stereocenters. The maximum atomic E-state index is 13.8. The van der Waals surface area contributed by atoms with E-state index in [-0.39, 0.29) is 36.5 Å². The van der Waals surface area contributed by atoms with Crippen molar-refractivity contribution < 1.29 is 75.3 Å². The van der Waals surface area contributed by atoms with Gasteiger partial charge in [-0.15, -0.1) is 0 Å². The summed E-state index contributed by atoms with van der Waals surface area (Å²) in [5.74, 6) is -1.14. The highest BCUT2D eigenvalue weighted by Gasteiger charge is 2.60. The number of hydrogen-bond acceptors (Lipinski definition) is 16. The van der Waals surface area contributed by atoms with E-state index in [4.69, 9.17) is 61.0 Å². The van der Waals surface area contributed by atoms with Crippen LogP contribution >= 0.6 is 0 Å². The van der Waals surface area contributed by atoms with E-state index in [1.165, 1.54) is 13.2 Å². The van der Waals surface area contributed by atoms with Crippen LogP contribution in [0.3, 0.4) is 0 Å². The second-order valence-electron chi connectivity index (χ2n) is 21.8. The number of carbonyl (C=O) groups excluding carboxylic acids is 3. The first-order chi connectivity index (χ1) is 34.0. The van der Waals surface area contributed by atoms with Crippen LogP contribution in [0, 0.1) is 0 Å². The molecule has 0 aliphatic carbocycles. The molecule has 0 N–H and O–H groups in total. The summed E-state index contributed by atoms with van der Waals surface area (Å²) in [4.78, 5) is 40.0. The smallest absolute Gasteiger partial charge is 0.492 e. The predicted octanol–water partition coefficient (Wildman–Crippen LogP) is 9.41. The summed E-state index contributed by atoms with van der Waals surface area (Å²) in [7, 11) is -4.69. The molecule has 3 aromatic carbocycles. The molecule has 3 aromatic rings. The molecular weight excluding hydrogens is 961 g/mol. The number of esters is 2. The van der Waals surface area contributed by atoms with Gasteiger partial charge in [-0.3, -0.25) is 4.79 Å². The van der Waals surface area contributed by atoms with Gasteiger partial charge < -0.3 is 61.0 Å². The Balaban J connectivity index is 1.26. The lowest BCUT2D eigenvalue weighted by Gasteiger charge is -2.48. The first-order valence-corrected chi connectivity index (χ1v) is 30.7. The summed E-state index contributed by atoms with van der Waals surface area (Å²) in [5.41, 5.74) is 2.05. The molecule has 4 aliphatic rings. The highest BCUT2D eigenvalue weighted by Crippen LogP contribution is 2.42. The Kier molecular flexibility index (Phi) is 18.0. The van der Waals surface area contributed by atoms with Gasteiger partial charge in [0.25, 0.3) is 0 Å². The SMILES string of the molecule is CC(=O)O[C@H]1[C@H](O[C@@H]2O[C@H](CO[Si](C)(C)C(C)(C)C)[C@@H]3OC(=O)O[C@@H]3[C@H]2O[C@@H]2O[C@@H](C)[C@@H](OC(=O)c3ccccc3)[C@@H](OCc3ccccc3)[C@@H]2OCc2ccccc2)C=CO[C@@H]1CO[Si](C)(C)C(C)(C)C. The summed E-state index contributed by atoms with van der Waals surface area (Å²) in [6.07, 6.45) is -11.5. The van der Waals surface area contributed by atoms with Gasteiger partial charge in [0.15, 0.2) is 65.8 Å². The minimum atomic E-state index is -2.39. The van der Waals surface area contributed by atoms with Gasteiger partial charge >= 0.3 is 18.1 Å². The Hall–Kier alpha value is -4.48. The number of benzene rings is 3. The van der Waals surface area contributed by atoms with Crippen LogP contribution in [0.15, 0.2) is 103 Å². The van der Waals surface area contributed by atoms with E-state index in [9.17, 15) is 14.4 Å². The van der Waals surface area contributed by atoms with E-state index in [0.29, 0.717) is 5.56 Å². The van der Waals surface area contributed by atoms with E-state index in [2.05, 4.69) is 67.7 Å². The lowest BCUT2D eigenvalue weighted by atomic mass is 9.96. The lowest BCUT2D eigenvalue weighted by molar-refractivity contribution is -0.368.